The van der Waals surface area contributed by atoms with Crippen molar-refractivity contribution in [2.45, 2.75) is 26.6 Å². The van der Waals surface area contributed by atoms with Crippen LogP contribution < -0.4 is 14.8 Å². The van der Waals surface area contributed by atoms with Crippen molar-refractivity contribution < 1.29 is 13.9 Å². The van der Waals surface area contributed by atoms with Crippen LogP contribution in [0.3, 0.4) is 0 Å². The second-order valence-corrected chi connectivity index (χ2v) is 6.93. The van der Waals surface area contributed by atoms with Crippen LogP contribution in [0.25, 0.3) is 0 Å². The number of nitrogens with one attached hydrogen (secondary N) is 1. The lowest BCUT2D eigenvalue weighted by molar-refractivity contribution is 0.267. The summed E-state index contributed by atoms with van der Waals surface area (Å²) in [5.41, 5.74) is 1.82. The number of aromatic nitrogens is 4. The third-order valence-electron chi connectivity index (χ3n) is 3.95. The first kappa shape index (κ1) is 20.8. The molecule has 0 saturated heterocycles. The number of anilines is 1. The first-order valence-electron chi connectivity index (χ1n) is 9.04. The molecule has 0 aliphatic rings. The van der Waals surface area contributed by atoms with E-state index in [1.54, 1.807) is 22.9 Å². The van der Waals surface area contributed by atoms with Gasteiger partial charge in [-0.1, -0.05) is 23.3 Å². The highest BCUT2D eigenvalue weighted by molar-refractivity contribution is 9.10. The number of halogens is 2. The molecule has 9 heteroatoms. The summed E-state index contributed by atoms with van der Waals surface area (Å²) in [6, 6.07) is 10.0. The van der Waals surface area contributed by atoms with Crippen LogP contribution in [-0.2, 0) is 19.7 Å². The molecule has 0 aliphatic carbocycles. The smallest absolute Gasteiger partial charge is 0.243 e. The molecular formula is C20H21BrFN5O2. The van der Waals surface area contributed by atoms with E-state index >= 15 is 0 Å². The molecule has 1 N–H and O–H groups in total. The van der Waals surface area contributed by atoms with Crippen molar-refractivity contribution in [2.75, 3.05) is 11.9 Å². The molecule has 0 radical (unpaired) electrons. The molecule has 0 unspecified atom stereocenters. The Bertz CT molecular complexity index is 962. The van der Waals surface area contributed by atoms with E-state index in [2.05, 4.69) is 43.4 Å². The average molecular weight is 462 g/mol. The van der Waals surface area contributed by atoms with E-state index in [1.165, 1.54) is 12.1 Å². The van der Waals surface area contributed by atoms with Crippen LogP contribution >= 0.6 is 15.9 Å². The molecule has 0 atom stereocenters. The Hall–Kier alpha value is -2.94. The molecule has 1 aromatic heterocycles. The summed E-state index contributed by atoms with van der Waals surface area (Å²) in [5.74, 6) is 1.49. The molecule has 29 heavy (non-hydrogen) atoms. The van der Waals surface area contributed by atoms with Gasteiger partial charge in [-0.3, -0.25) is 0 Å². The zero-order chi connectivity index (χ0) is 20.6. The summed E-state index contributed by atoms with van der Waals surface area (Å²) >= 11 is 3.56. The Balaban J connectivity index is 1.73. The van der Waals surface area contributed by atoms with Crippen molar-refractivity contribution >= 4 is 21.9 Å². The second kappa shape index (κ2) is 10.0. The number of ether oxygens (including phenoxy) is 2. The predicted octanol–water partition coefficient (Wildman–Crippen LogP) is 4.35. The lowest BCUT2D eigenvalue weighted by atomic mass is 10.2. The number of hydrogen-bond donors (Lipinski definition) is 1. The minimum Gasteiger partial charge on any atom is -0.490 e. The van der Waals surface area contributed by atoms with E-state index in [0.29, 0.717) is 43.8 Å². The maximum Gasteiger partial charge on any atom is 0.243 e. The second-order valence-electron chi connectivity index (χ2n) is 6.08. The van der Waals surface area contributed by atoms with Gasteiger partial charge in [0.15, 0.2) is 11.5 Å². The highest BCUT2D eigenvalue weighted by atomic mass is 79.9. The van der Waals surface area contributed by atoms with Gasteiger partial charge in [0.25, 0.3) is 0 Å². The Morgan fingerprint density at radius 3 is 2.72 bits per heavy atom. The predicted molar refractivity (Wildman–Crippen MR) is 111 cm³/mol. The van der Waals surface area contributed by atoms with Crippen molar-refractivity contribution in [1.82, 2.24) is 20.2 Å². The minimum absolute atomic E-state index is 0.277. The standard InChI is InChI=1S/C20H21BrFN5O2/c1-3-9-27-20(24-25-26-27)23-12-15-10-17(21)19(18(11-15)28-4-2)29-13-14-5-7-16(22)8-6-14/h3,5-8,10-11H,1,4,9,12-13H2,2H3,(H,23,24,26). The third-order valence-corrected chi connectivity index (χ3v) is 4.54. The molecule has 0 fully saturated rings. The fourth-order valence-corrected chi connectivity index (χ4v) is 3.22. The summed E-state index contributed by atoms with van der Waals surface area (Å²) in [7, 11) is 0. The Labute approximate surface area is 176 Å². The summed E-state index contributed by atoms with van der Waals surface area (Å²) in [5, 5.41) is 14.7. The lowest BCUT2D eigenvalue weighted by Gasteiger charge is -2.16. The molecule has 0 bridgehead atoms. The first-order chi connectivity index (χ1) is 14.1. The average Bonchev–Trinajstić information content (AvgIpc) is 3.15. The van der Waals surface area contributed by atoms with Crippen LogP contribution in [0, 0.1) is 5.82 Å². The SMILES string of the molecule is C=CCn1nnnc1NCc1cc(Br)c(OCc2ccc(F)cc2)c(OCC)c1. The van der Waals surface area contributed by atoms with Crippen LogP contribution in [0.15, 0.2) is 53.5 Å². The molecule has 0 saturated carbocycles. The van der Waals surface area contributed by atoms with E-state index in [-0.39, 0.29) is 5.82 Å². The molecule has 152 valence electrons. The van der Waals surface area contributed by atoms with Crippen LogP contribution in [0.5, 0.6) is 11.5 Å². The fourth-order valence-electron chi connectivity index (χ4n) is 2.62. The monoisotopic (exact) mass is 461 g/mol. The summed E-state index contributed by atoms with van der Waals surface area (Å²) in [6.07, 6.45) is 1.72. The highest BCUT2D eigenvalue weighted by Crippen LogP contribution is 2.37. The fraction of sp³-hybridized carbons (Fsp3) is 0.250. The summed E-state index contributed by atoms with van der Waals surface area (Å²) in [4.78, 5) is 0. The van der Waals surface area contributed by atoms with Crippen molar-refractivity contribution in [3.63, 3.8) is 0 Å². The highest BCUT2D eigenvalue weighted by Gasteiger charge is 2.14. The van der Waals surface area contributed by atoms with Gasteiger partial charge in [-0.2, -0.15) is 0 Å². The molecule has 3 aromatic rings. The zero-order valence-electron chi connectivity index (χ0n) is 15.9. The van der Waals surface area contributed by atoms with Crippen molar-refractivity contribution in [1.29, 1.82) is 0 Å². The molecule has 0 aliphatic heterocycles. The minimum atomic E-state index is -0.277. The van der Waals surface area contributed by atoms with Gasteiger partial charge in [-0.25, -0.2) is 9.07 Å². The Morgan fingerprint density at radius 2 is 2.00 bits per heavy atom. The largest absolute Gasteiger partial charge is 0.490 e. The normalized spacial score (nSPS) is 10.6. The van der Waals surface area contributed by atoms with E-state index < -0.39 is 0 Å². The lowest BCUT2D eigenvalue weighted by Crippen LogP contribution is -2.09. The molecule has 0 spiro atoms. The van der Waals surface area contributed by atoms with Gasteiger partial charge >= 0.3 is 0 Å². The van der Waals surface area contributed by atoms with Gasteiger partial charge in [0.05, 0.1) is 17.6 Å². The number of allylic oxidation sites excluding steroid dienone is 1. The van der Waals surface area contributed by atoms with E-state index in [4.69, 9.17) is 9.47 Å². The molecule has 7 nitrogen and oxygen atoms in total. The molecular weight excluding hydrogens is 441 g/mol. The van der Waals surface area contributed by atoms with Crippen molar-refractivity contribution in [2.24, 2.45) is 0 Å². The van der Waals surface area contributed by atoms with Crippen LogP contribution in [0.1, 0.15) is 18.1 Å². The number of nitrogens with zero attached hydrogens (tertiary/aromatic N) is 4. The quantitative estimate of drug-likeness (QED) is 0.452. The topological polar surface area (TPSA) is 74.1 Å². The first-order valence-corrected chi connectivity index (χ1v) is 9.83. The van der Waals surface area contributed by atoms with Gasteiger partial charge in [-0.05, 0) is 68.7 Å². The van der Waals surface area contributed by atoms with Crippen LogP contribution in [-0.4, -0.2) is 26.8 Å². The van der Waals surface area contributed by atoms with Gasteiger partial charge < -0.3 is 14.8 Å². The molecule has 3 rings (SSSR count). The van der Waals surface area contributed by atoms with E-state index in [0.717, 1.165) is 15.6 Å². The van der Waals surface area contributed by atoms with Gasteiger partial charge in [0, 0.05) is 6.54 Å². The van der Waals surface area contributed by atoms with Crippen molar-refractivity contribution in [3.8, 4) is 11.5 Å². The van der Waals surface area contributed by atoms with Gasteiger partial charge in [-0.15, -0.1) is 6.58 Å². The summed E-state index contributed by atoms with van der Waals surface area (Å²) in [6.45, 7) is 7.40. The third kappa shape index (κ3) is 5.54. The summed E-state index contributed by atoms with van der Waals surface area (Å²) < 4.78 is 27.2. The van der Waals surface area contributed by atoms with Crippen LogP contribution in [0.4, 0.5) is 10.3 Å². The van der Waals surface area contributed by atoms with E-state index in [1.807, 2.05) is 19.1 Å². The maximum absolute atomic E-state index is 13.1. The Morgan fingerprint density at radius 1 is 1.21 bits per heavy atom. The molecule has 2 aromatic carbocycles. The number of benzene rings is 2. The maximum atomic E-state index is 13.1. The van der Waals surface area contributed by atoms with Crippen LogP contribution in [0.2, 0.25) is 0 Å². The van der Waals surface area contributed by atoms with E-state index in [9.17, 15) is 4.39 Å². The Kier molecular flexibility index (Phi) is 7.18. The molecule has 0 amide bonds. The number of tetrazole rings is 1. The van der Waals surface area contributed by atoms with Gasteiger partial charge in [0.2, 0.25) is 5.95 Å². The van der Waals surface area contributed by atoms with Crippen molar-refractivity contribution in [3.05, 3.63) is 70.5 Å². The number of rotatable bonds is 10. The molecule has 1 heterocycles. The number of hydrogen-bond acceptors (Lipinski definition) is 6. The zero-order valence-corrected chi connectivity index (χ0v) is 17.5. The van der Waals surface area contributed by atoms with Gasteiger partial charge in [0.1, 0.15) is 12.4 Å².